The van der Waals surface area contributed by atoms with Gasteiger partial charge in [0.15, 0.2) is 5.82 Å². The lowest BCUT2D eigenvalue weighted by Crippen LogP contribution is -2.64. The van der Waals surface area contributed by atoms with Gasteiger partial charge >= 0.3 is 0 Å². The van der Waals surface area contributed by atoms with Crippen molar-refractivity contribution in [3.63, 3.8) is 0 Å². The molecule has 1 fully saturated rings. The molecular formula is C16H23ClF2N2. The molecule has 1 N–H and O–H groups in total. The van der Waals surface area contributed by atoms with Crippen molar-refractivity contribution in [2.24, 2.45) is 0 Å². The molecule has 0 bridgehead atoms. The summed E-state index contributed by atoms with van der Waals surface area (Å²) in [7, 11) is 0. The molecule has 1 aliphatic heterocycles. The lowest BCUT2D eigenvalue weighted by molar-refractivity contribution is 0.245. The molecule has 0 saturated carbocycles. The summed E-state index contributed by atoms with van der Waals surface area (Å²) in [5.41, 5.74) is 0.285. The molecule has 1 unspecified atom stereocenters. The second-order valence-corrected chi connectivity index (χ2v) is 6.18. The van der Waals surface area contributed by atoms with E-state index in [0.29, 0.717) is 12.2 Å². The van der Waals surface area contributed by atoms with Crippen LogP contribution in [0.3, 0.4) is 0 Å². The van der Waals surface area contributed by atoms with E-state index in [0.717, 1.165) is 31.9 Å². The number of nitrogens with one attached hydrogen (secondary N) is 1. The largest absolute Gasteiger partial charge is 0.362 e. The minimum absolute atomic E-state index is 0.0458. The lowest BCUT2D eigenvalue weighted by atomic mass is 9.87. The second kappa shape index (κ2) is 6.49. The van der Waals surface area contributed by atoms with Gasteiger partial charge in [0, 0.05) is 30.7 Å². The molecule has 1 aromatic carbocycles. The van der Waals surface area contributed by atoms with Gasteiger partial charge in [0.25, 0.3) is 0 Å². The molecule has 1 aromatic rings. The molecule has 2 rings (SSSR count). The summed E-state index contributed by atoms with van der Waals surface area (Å²) < 4.78 is 27.6. The van der Waals surface area contributed by atoms with E-state index in [1.165, 1.54) is 6.07 Å². The van der Waals surface area contributed by atoms with Gasteiger partial charge in [0.2, 0.25) is 0 Å². The number of hydrogen-bond acceptors (Lipinski definition) is 2. The van der Waals surface area contributed by atoms with Gasteiger partial charge in [0.1, 0.15) is 5.82 Å². The maximum Gasteiger partial charge on any atom is 0.150 e. The van der Waals surface area contributed by atoms with Crippen LogP contribution in [0.5, 0.6) is 0 Å². The van der Waals surface area contributed by atoms with Crippen molar-refractivity contribution in [1.29, 1.82) is 0 Å². The molecule has 0 aromatic heterocycles. The van der Waals surface area contributed by atoms with Crippen molar-refractivity contribution in [3.05, 3.63) is 28.8 Å². The highest BCUT2D eigenvalue weighted by molar-refractivity contribution is 6.33. The van der Waals surface area contributed by atoms with Crippen LogP contribution >= 0.6 is 11.6 Å². The van der Waals surface area contributed by atoms with E-state index < -0.39 is 11.6 Å². The van der Waals surface area contributed by atoms with E-state index in [9.17, 15) is 8.78 Å². The summed E-state index contributed by atoms with van der Waals surface area (Å²) in [4.78, 5) is 2.01. The Morgan fingerprint density at radius 2 is 1.95 bits per heavy atom. The quantitative estimate of drug-likeness (QED) is 0.887. The molecule has 1 atom stereocenters. The van der Waals surface area contributed by atoms with E-state index in [4.69, 9.17) is 11.6 Å². The zero-order chi connectivity index (χ0) is 15.6. The summed E-state index contributed by atoms with van der Waals surface area (Å²) >= 11 is 6.13. The molecule has 118 valence electrons. The van der Waals surface area contributed by atoms with Gasteiger partial charge in [-0.15, -0.1) is 0 Å². The number of rotatable bonds is 4. The zero-order valence-electron chi connectivity index (χ0n) is 12.8. The minimum atomic E-state index is -0.637. The normalized spacial score (nSPS) is 21.6. The van der Waals surface area contributed by atoms with E-state index in [-0.39, 0.29) is 16.6 Å². The number of halogens is 3. The Labute approximate surface area is 130 Å². The van der Waals surface area contributed by atoms with E-state index >= 15 is 0 Å². The first-order valence-electron chi connectivity index (χ1n) is 7.62. The van der Waals surface area contributed by atoms with Crippen molar-refractivity contribution >= 4 is 17.3 Å². The lowest BCUT2D eigenvalue weighted by Gasteiger charge is -2.48. The van der Waals surface area contributed by atoms with Crippen LogP contribution < -0.4 is 10.2 Å². The average Bonchev–Trinajstić information content (AvgIpc) is 2.46. The first-order chi connectivity index (χ1) is 9.96. The molecule has 1 aliphatic rings. The predicted octanol–water partition coefficient (Wildman–Crippen LogP) is 4.37. The van der Waals surface area contributed by atoms with Crippen LogP contribution in [0.15, 0.2) is 12.1 Å². The molecule has 0 radical (unpaired) electrons. The van der Waals surface area contributed by atoms with E-state index in [2.05, 4.69) is 26.1 Å². The Balaban J connectivity index is 2.43. The van der Waals surface area contributed by atoms with Crippen LogP contribution in [0.1, 0.15) is 40.0 Å². The standard InChI is InChI=1S/C16H23ClF2N2/c1-4-12-9-20-16(5-2,6-3)10-21(12)15-13(17)7-11(18)8-14(15)19/h7-8,12,20H,4-6,9-10H2,1-3H3. The van der Waals surface area contributed by atoms with Gasteiger partial charge in [-0.3, -0.25) is 0 Å². The fourth-order valence-corrected chi connectivity index (χ4v) is 3.42. The predicted molar refractivity (Wildman–Crippen MR) is 84.1 cm³/mol. The monoisotopic (exact) mass is 316 g/mol. The van der Waals surface area contributed by atoms with Crippen molar-refractivity contribution in [3.8, 4) is 0 Å². The first-order valence-corrected chi connectivity index (χ1v) is 8.00. The van der Waals surface area contributed by atoms with Crippen molar-refractivity contribution < 1.29 is 8.78 Å². The van der Waals surface area contributed by atoms with Crippen LogP contribution in [0.25, 0.3) is 0 Å². The summed E-state index contributed by atoms with van der Waals surface area (Å²) in [6, 6.07) is 2.26. The Hall–Kier alpha value is -0.870. The Morgan fingerprint density at radius 1 is 1.29 bits per heavy atom. The zero-order valence-corrected chi connectivity index (χ0v) is 13.6. The van der Waals surface area contributed by atoms with Gasteiger partial charge in [-0.1, -0.05) is 32.4 Å². The minimum Gasteiger partial charge on any atom is -0.362 e. The fourth-order valence-electron chi connectivity index (χ4n) is 3.11. The number of anilines is 1. The summed E-state index contributed by atoms with van der Waals surface area (Å²) in [6.45, 7) is 7.79. The van der Waals surface area contributed by atoms with E-state index in [1.54, 1.807) is 0 Å². The van der Waals surface area contributed by atoms with Crippen LogP contribution in [0, 0.1) is 11.6 Å². The fraction of sp³-hybridized carbons (Fsp3) is 0.625. The van der Waals surface area contributed by atoms with Gasteiger partial charge < -0.3 is 10.2 Å². The number of piperazine rings is 1. The van der Waals surface area contributed by atoms with Crippen molar-refractivity contribution in [2.75, 3.05) is 18.0 Å². The molecule has 5 heteroatoms. The van der Waals surface area contributed by atoms with E-state index in [1.807, 2.05) is 4.90 Å². The van der Waals surface area contributed by atoms with Gasteiger partial charge in [-0.05, 0) is 25.3 Å². The summed E-state index contributed by atoms with van der Waals surface area (Å²) in [6.07, 6.45) is 2.79. The molecule has 1 heterocycles. The highest BCUT2D eigenvalue weighted by Crippen LogP contribution is 2.35. The highest BCUT2D eigenvalue weighted by Gasteiger charge is 2.37. The average molecular weight is 317 g/mol. The number of benzene rings is 1. The van der Waals surface area contributed by atoms with Crippen LogP contribution in [-0.4, -0.2) is 24.7 Å². The van der Waals surface area contributed by atoms with Gasteiger partial charge in [-0.2, -0.15) is 0 Å². The molecule has 0 spiro atoms. The van der Waals surface area contributed by atoms with Gasteiger partial charge in [-0.25, -0.2) is 8.78 Å². The third-order valence-corrected chi connectivity index (χ3v) is 5.01. The molecule has 21 heavy (non-hydrogen) atoms. The maximum atomic E-state index is 14.3. The van der Waals surface area contributed by atoms with Crippen molar-refractivity contribution in [1.82, 2.24) is 5.32 Å². The van der Waals surface area contributed by atoms with Crippen molar-refractivity contribution in [2.45, 2.75) is 51.6 Å². The first kappa shape index (κ1) is 16.5. The molecule has 1 saturated heterocycles. The topological polar surface area (TPSA) is 15.3 Å². The Morgan fingerprint density at radius 3 is 2.48 bits per heavy atom. The summed E-state index contributed by atoms with van der Waals surface area (Å²) in [5, 5.41) is 3.75. The second-order valence-electron chi connectivity index (χ2n) is 5.78. The number of hydrogen-bond donors (Lipinski definition) is 1. The maximum absolute atomic E-state index is 14.3. The summed E-state index contributed by atoms with van der Waals surface area (Å²) in [5.74, 6) is -1.22. The SMILES string of the molecule is CCC1CNC(CC)(CC)CN1c1c(F)cc(F)cc1Cl. The van der Waals surface area contributed by atoms with Crippen LogP contribution in [-0.2, 0) is 0 Å². The van der Waals surface area contributed by atoms with Crippen LogP contribution in [0.4, 0.5) is 14.5 Å². The highest BCUT2D eigenvalue weighted by atomic mass is 35.5. The number of nitrogens with zero attached hydrogens (tertiary/aromatic N) is 1. The Bertz CT molecular complexity index is 480. The molecule has 2 nitrogen and oxygen atoms in total. The molecule has 0 aliphatic carbocycles. The molecule has 0 amide bonds. The third kappa shape index (κ3) is 3.16. The third-order valence-electron chi connectivity index (χ3n) is 4.72. The smallest absolute Gasteiger partial charge is 0.150 e. The van der Waals surface area contributed by atoms with Gasteiger partial charge in [0.05, 0.1) is 10.7 Å². The van der Waals surface area contributed by atoms with Crippen LogP contribution in [0.2, 0.25) is 5.02 Å². The Kier molecular flexibility index (Phi) is 5.10. The molecular weight excluding hydrogens is 294 g/mol.